The van der Waals surface area contributed by atoms with Crippen LogP contribution < -0.4 is 0 Å². The van der Waals surface area contributed by atoms with Gasteiger partial charge in [-0.3, -0.25) is 4.79 Å². The highest BCUT2D eigenvalue weighted by Gasteiger charge is 2.33. The van der Waals surface area contributed by atoms with Gasteiger partial charge in [-0.2, -0.15) is 26.3 Å². The molecule has 0 bridgehead atoms. The lowest BCUT2D eigenvalue weighted by Crippen LogP contribution is -2.35. The Morgan fingerprint density at radius 2 is 1.22 bits per heavy atom. The van der Waals surface area contributed by atoms with Crippen LogP contribution in [-0.4, -0.2) is 43.9 Å². The van der Waals surface area contributed by atoms with Gasteiger partial charge in [0.15, 0.2) is 5.79 Å². The van der Waals surface area contributed by atoms with Gasteiger partial charge in [-0.1, -0.05) is 6.92 Å². The molecule has 0 aromatic carbocycles. The molecule has 0 heterocycles. The highest BCUT2D eigenvalue weighted by molar-refractivity contribution is 5.75. The number of halogens is 6. The Morgan fingerprint density at radius 1 is 0.778 bits per heavy atom. The molecule has 0 aliphatic heterocycles. The van der Waals surface area contributed by atoms with Gasteiger partial charge < -0.3 is 14.2 Å². The summed E-state index contributed by atoms with van der Waals surface area (Å²) in [6, 6.07) is 0. The molecule has 0 aliphatic carbocycles. The van der Waals surface area contributed by atoms with Gasteiger partial charge in [0.1, 0.15) is 0 Å². The first kappa shape index (κ1) is 26.0. The van der Waals surface area contributed by atoms with Gasteiger partial charge in [0, 0.05) is 6.42 Å². The van der Waals surface area contributed by atoms with Crippen LogP contribution in [-0.2, 0) is 19.0 Å². The number of hydrogen-bond donors (Lipinski definition) is 0. The van der Waals surface area contributed by atoms with Gasteiger partial charge in [0.05, 0.1) is 38.1 Å². The molecule has 0 saturated heterocycles. The van der Waals surface area contributed by atoms with Crippen molar-refractivity contribution in [2.24, 2.45) is 5.41 Å². The van der Waals surface area contributed by atoms with Gasteiger partial charge in [0.25, 0.3) is 0 Å². The number of hydrogen-bond acceptors (Lipinski definition) is 4. The fraction of sp³-hybridized carbons (Fsp3) is 0.941. The molecule has 0 unspecified atom stereocenters. The zero-order chi connectivity index (χ0) is 21.4. The summed E-state index contributed by atoms with van der Waals surface area (Å²) in [6.07, 6.45) is -10.7. The maximum absolute atomic E-state index is 12.3. The lowest BCUT2D eigenvalue weighted by atomic mass is 9.91. The van der Waals surface area contributed by atoms with E-state index in [1.165, 1.54) is 6.92 Å². The summed E-state index contributed by atoms with van der Waals surface area (Å²) in [7, 11) is 0. The predicted octanol–water partition coefficient (Wildman–Crippen LogP) is 5.40. The van der Waals surface area contributed by atoms with Crippen molar-refractivity contribution in [2.45, 2.75) is 77.9 Å². The molecule has 0 rings (SSSR count). The molecule has 0 radical (unpaired) electrons. The summed E-state index contributed by atoms with van der Waals surface area (Å²) in [6.45, 7) is 4.99. The largest absolute Gasteiger partial charge is 0.465 e. The second-order valence-corrected chi connectivity index (χ2v) is 7.04. The summed E-state index contributed by atoms with van der Waals surface area (Å²) in [5.74, 6) is -2.06. The van der Waals surface area contributed by atoms with Crippen LogP contribution in [0.3, 0.4) is 0 Å². The zero-order valence-electron chi connectivity index (χ0n) is 16.1. The molecular weight excluding hydrogens is 382 g/mol. The van der Waals surface area contributed by atoms with Crippen molar-refractivity contribution in [2.75, 3.05) is 19.8 Å². The molecule has 10 heteroatoms. The van der Waals surface area contributed by atoms with Crippen molar-refractivity contribution >= 4 is 5.97 Å². The predicted molar refractivity (Wildman–Crippen MR) is 85.9 cm³/mol. The van der Waals surface area contributed by atoms with E-state index in [9.17, 15) is 31.1 Å². The first-order valence-corrected chi connectivity index (χ1v) is 8.69. The summed E-state index contributed by atoms with van der Waals surface area (Å²) < 4.78 is 88.7. The first-order chi connectivity index (χ1) is 12.1. The first-order valence-electron chi connectivity index (χ1n) is 8.69. The second kappa shape index (κ2) is 10.5. The molecule has 0 atom stereocenters. The van der Waals surface area contributed by atoms with E-state index in [2.05, 4.69) is 0 Å². The second-order valence-electron chi connectivity index (χ2n) is 7.04. The fourth-order valence-corrected chi connectivity index (χ4v) is 1.85. The van der Waals surface area contributed by atoms with E-state index >= 15 is 0 Å². The molecule has 0 aromatic rings. The molecule has 0 aromatic heterocycles. The average molecular weight is 410 g/mol. The van der Waals surface area contributed by atoms with Crippen LogP contribution >= 0.6 is 0 Å². The van der Waals surface area contributed by atoms with E-state index in [0.29, 0.717) is 6.42 Å². The van der Waals surface area contributed by atoms with E-state index < -0.39 is 55.6 Å². The molecule has 27 heavy (non-hydrogen) atoms. The molecule has 0 saturated carbocycles. The minimum Gasteiger partial charge on any atom is -0.465 e. The van der Waals surface area contributed by atoms with Gasteiger partial charge >= 0.3 is 18.3 Å². The topological polar surface area (TPSA) is 44.8 Å². The van der Waals surface area contributed by atoms with Gasteiger partial charge in [0.2, 0.25) is 0 Å². The lowest BCUT2D eigenvalue weighted by Gasteiger charge is -2.31. The minimum atomic E-state index is -4.45. The van der Waals surface area contributed by atoms with Crippen LogP contribution in [0, 0.1) is 5.41 Å². The van der Waals surface area contributed by atoms with Crippen molar-refractivity contribution < 1.29 is 45.3 Å². The van der Waals surface area contributed by atoms with Gasteiger partial charge in [-0.05, 0) is 33.6 Å². The Labute approximate surface area is 155 Å². The SMILES string of the molecule is CCC(C)(C)C(=O)OCCCC(C)(OCCC(F)(F)F)OCCC(F)(F)F. The van der Waals surface area contributed by atoms with Crippen LogP contribution in [0.2, 0.25) is 0 Å². The standard InChI is InChI=1S/C17H28F6O4/c1-5-14(2,3)13(24)25-10-6-7-15(4,26-11-8-16(18,19)20)27-12-9-17(21,22)23/h5-12H2,1-4H3. The highest BCUT2D eigenvalue weighted by Crippen LogP contribution is 2.27. The lowest BCUT2D eigenvalue weighted by molar-refractivity contribution is -0.253. The van der Waals surface area contributed by atoms with Crippen molar-refractivity contribution in [3.05, 3.63) is 0 Å². The van der Waals surface area contributed by atoms with Crippen LogP contribution in [0.4, 0.5) is 26.3 Å². The van der Waals surface area contributed by atoms with Crippen LogP contribution in [0.5, 0.6) is 0 Å². The number of alkyl halides is 6. The number of ether oxygens (including phenoxy) is 3. The quantitative estimate of drug-likeness (QED) is 0.187. The summed E-state index contributed by atoms with van der Waals surface area (Å²) in [4.78, 5) is 11.9. The Morgan fingerprint density at radius 3 is 1.59 bits per heavy atom. The van der Waals surface area contributed by atoms with E-state index in [1.54, 1.807) is 13.8 Å². The number of rotatable bonds is 12. The molecular formula is C17H28F6O4. The van der Waals surface area contributed by atoms with E-state index in [1.807, 2.05) is 6.92 Å². The Balaban J connectivity index is 4.57. The molecule has 0 spiro atoms. The summed E-state index contributed by atoms with van der Waals surface area (Å²) in [5, 5.41) is 0. The summed E-state index contributed by atoms with van der Waals surface area (Å²) in [5.41, 5.74) is -0.671. The Bertz CT molecular complexity index is 426. The zero-order valence-corrected chi connectivity index (χ0v) is 16.1. The average Bonchev–Trinajstić information content (AvgIpc) is 2.48. The smallest absolute Gasteiger partial charge is 0.391 e. The Hall–Kier alpha value is -1.03. The van der Waals surface area contributed by atoms with E-state index in [-0.39, 0.29) is 19.4 Å². The fourth-order valence-electron chi connectivity index (χ4n) is 1.85. The van der Waals surface area contributed by atoms with Gasteiger partial charge in [-0.25, -0.2) is 0 Å². The third-order valence-corrected chi connectivity index (χ3v) is 4.03. The van der Waals surface area contributed by atoms with Crippen LogP contribution in [0.25, 0.3) is 0 Å². The monoisotopic (exact) mass is 410 g/mol. The molecule has 0 fully saturated rings. The van der Waals surface area contributed by atoms with Crippen molar-refractivity contribution in [3.63, 3.8) is 0 Å². The highest BCUT2D eigenvalue weighted by atomic mass is 19.4. The summed E-state index contributed by atoms with van der Waals surface area (Å²) >= 11 is 0. The third-order valence-electron chi connectivity index (χ3n) is 4.03. The molecule has 4 nitrogen and oxygen atoms in total. The number of esters is 1. The van der Waals surface area contributed by atoms with Crippen molar-refractivity contribution in [1.82, 2.24) is 0 Å². The van der Waals surface area contributed by atoms with Crippen LogP contribution in [0.1, 0.15) is 59.8 Å². The molecule has 162 valence electrons. The van der Waals surface area contributed by atoms with Crippen LogP contribution in [0.15, 0.2) is 0 Å². The van der Waals surface area contributed by atoms with E-state index in [4.69, 9.17) is 14.2 Å². The minimum absolute atomic E-state index is 0.0253. The van der Waals surface area contributed by atoms with Gasteiger partial charge in [-0.15, -0.1) is 0 Å². The number of carbonyl (C=O) groups excluding carboxylic acids is 1. The van der Waals surface area contributed by atoms with Crippen molar-refractivity contribution in [3.8, 4) is 0 Å². The number of carbonyl (C=O) groups is 1. The third kappa shape index (κ3) is 12.9. The molecule has 0 amide bonds. The maximum Gasteiger partial charge on any atom is 0.391 e. The van der Waals surface area contributed by atoms with Crippen molar-refractivity contribution in [1.29, 1.82) is 0 Å². The maximum atomic E-state index is 12.3. The molecule has 0 aliphatic rings. The van der Waals surface area contributed by atoms with E-state index in [0.717, 1.165) is 0 Å². The molecule has 0 N–H and O–H groups in total. The normalized spacial score (nSPS) is 13.7. The Kier molecular flexibility index (Phi) is 10.1.